The molecule has 0 saturated heterocycles. The molecule has 6 heteroatoms. The number of hydrogen-bond acceptors (Lipinski definition) is 0. The molecule has 0 spiro atoms. The van der Waals surface area contributed by atoms with Crippen molar-refractivity contribution in [2.75, 3.05) is 0 Å². The van der Waals surface area contributed by atoms with Crippen molar-refractivity contribution in [3.63, 3.8) is 0 Å². The first-order valence-corrected chi connectivity index (χ1v) is 35.9. The van der Waals surface area contributed by atoms with Crippen LogP contribution in [0.25, 0.3) is 209 Å². The average molecular weight is 1330 g/mol. The Bertz CT molecular complexity index is 7340. The fraction of sp³-hybridized carbons (Fsp3) is 0.0204. The van der Waals surface area contributed by atoms with Crippen molar-refractivity contribution in [3.05, 3.63) is 352 Å². The molecule has 486 valence electrons. The summed E-state index contributed by atoms with van der Waals surface area (Å²) < 4.78 is 14.5. The third-order valence-electron chi connectivity index (χ3n) is 22.6. The molecule has 22 rings (SSSR count). The van der Waals surface area contributed by atoms with Crippen molar-refractivity contribution < 1.29 is 0 Å². The lowest BCUT2D eigenvalue weighted by molar-refractivity contribution is 1.01. The number of aryl methyl sites for hydroxylation is 2. The van der Waals surface area contributed by atoms with Gasteiger partial charge in [0.25, 0.3) is 0 Å². The largest absolute Gasteiger partial charge is 0.344 e. The van der Waals surface area contributed by atoms with Gasteiger partial charge in [0.15, 0.2) is 0 Å². The monoisotopic (exact) mass is 1320 g/mol. The lowest BCUT2D eigenvalue weighted by atomic mass is 9.91. The van der Waals surface area contributed by atoms with Crippen molar-refractivity contribution in [2.45, 2.75) is 0 Å². The van der Waals surface area contributed by atoms with Gasteiger partial charge in [-0.2, -0.15) is 0 Å². The van der Waals surface area contributed by atoms with Crippen LogP contribution in [0.4, 0.5) is 0 Å². The standard InChI is InChI=1S/C98H64N6/c1-99-87-52-44-62(64-39-47-77-73-27-12-16-33-88(73)101(94(77)55-64)68-21-6-3-7-22-68)53-85(87)81-49-41-63(54-92(81)99)65-40-48-78-74-28-15-19-36-91(74)104(95(78)56-65)71-45-37-61(38-46-71)83-59-86-82-32-20-31-72(66-42-50-79-75-29-13-17-34-89(75)102(96(79)57-66)69-23-8-4-9-24-69)98(82)100(2)93(86)60-84(83)67-43-51-80-76-30-14-18-35-90(76)103(97(80)58-67)70-25-10-5-11-26-70/h3-60H,1-2H3. The van der Waals surface area contributed by atoms with E-state index in [1.165, 1.54) is 170 Å². The maximum atomic E-state index is 2.48. The molecule has 0 unspecified atom stereocenters. The minimum Gasteiger partial charge on any atom is -0.344 e. The van der Waals surface area contributed by atoms with Gasteiger partial charge in [-0.3, -0.25) is 0 Å². The first-order valence-electron chi connectivity index (χ1n) is 35.9. The molecule has 22 aromatic rings. The fourth-order valence-electron chi connectivity index (χ4n) is 17.8. The van der Waals surface area contributed by atoms with E-state index in [9.17, 15) is 0 Å². The molecule has 16 aromatic carbocycles. The lowest BCUT2D eigenvalue weighted by Crippen LogP contribution is -1.95. The van der Waals surface area contributed by atoms with Crippen LogP contribution in [-0.4, -0.2) is 27.4 Å². The van der Waals surface area contributed by atoms with Crippen LogP contribution in [0.3, 0.4) is 0 Å². The Labute approximate surface area is 598 Å². The van der Waals surface area contributed by atoms with Crippen molar-refractivity contribution in [1.29, 1.82) is 0 Å². The summed E-state index contributed by atoms with van der Waals surface area (Å²) >= 11 is 0. The van der Waals surface area contributed by atoms with Gasteiger partial charge >= 0.3 is 0 Å². The molecule has 0 amide bonds. The van der Waals surface area contributed by atoms with E-state index in [1.807, 2.05) is 0 Å². The molecule has 0 aliphatic carbocycles. The Hall–Kier alpha value is -13.7. The number of para-hydroxylation sites is 8. The molecule has 0 atom stereocenters. The Morgan fingerprint density at radius 2 is 0.462 bits per heavy atom. The Morgan fingerprint density at radius 3 is 0.923 bits per heavy atom. The summed E-state index contributed by atoms with van der Waals surface area (Å²) in [6.45, 7) is 0. The molecule has 0 N–H and O–H groups in total. The van der Waals surface area contributed by atoms with Gasteiger partial charge in [0.2, 0.25) is 0 Å². The number of hydrogen-bond donors (Lipinski definition) is 0. The normalized spacial score (nSPS) is 12.1. The second-order valence-corrected chi connectivity index (χ2v) is 28.1. The van der Waals surface area contributed by atoms with Crippen LogP contribution in [-0.2, 0) is 14.1 Å². The lowest BCUT2D eigenvalue weighted by Gasteiger charge is -2.15. The van der Waals surface area contributed by atoms with Crippen LogP contribution in [0.2, 0.25) is 0 Å². The molecule has 0 bridgehead atoms. The second-order valence-electron chi connectivity index (χ2n) is 28.1. The minimum absolute atomic E-state index is 1.10. The molecule has 0 saturated carbocycles. The second kappa shape index (κ2) is 22.4. The van der Waals surface area contributed by atoms with Crippen molar-refractivity contribution in [1.82, 2.24) is 27.4 Å². The SMILES string of the molecule is Cn1c2ccc(-c3ccc4c5ccccc5n(-c5ccccc5)c4c3)cc2c2ccc(-c3ccc4c5ccccc5n(-c5ccc(-c6cc7c8cccc(-c9ccc%10c%11ccccc%11n(-c%11ccccc%11)c%10c9)c8n(C)c7cc6-c6ccc7c8ccccc8n(-c8ccccc8)c7c6)cc5)c4c3)cc21. The van der Waals surface area contributed by atoms with Crippen LogP contribution < -0.4 is 0 Å². The average Bonchev–Trinajstić information content (AvgIpc) is 1.52. The zero-order valence-corrected chi connectivity index (χ0v) is 57.2. The van der Waals surface area contributed by atoms with Gasteiger partial charge in [0.05, 0.1) is 49.7 Å². The molecule has 6 nitrogen and oxygen atoms in total. The minimum atomic E-state index is 1.10. The topological polar surface area (TPSA) is 29.6 Å². The van der Waals surface area contributed by atoms with Crippen molar-refractivity contribution in [3.8, 4) is 78.4 Å². The van der Waals surface area contributed by atoms with E-state index in [2.05, 4.69) is 393 Å². The van der Waals surface area contributed by atoms with Crippen molar-refractivity contribution in [2.24, 2.45) is 14.1 Å². The highest BCUT2D eigenvalue weighted by molar-refractivity contribution is 6.19. The molecule has 0 radical (unpaired) electrons. The van der Waals surface area contributed by atoms with Gasteiger partial charge in [0, 0.05) is 124 Å². The molecule has 0 aliphatic heterocycles. The van der Waals surface area contributed by atoms with E-state index in [4.69, 9.17) is 0 Å². The highest BCUT2D eigenvalue weighted by Crippen LogP contribution is 2.47. The first kappa shape index (κ1) is 58.1. The summed E-state index contributed by atoms with van der Waals surface area (Å²) in [6, 6.07) is 131. The molecular formula is C98H64N6. The third kappa shape index (κ3) is 8.57. The van der Waals surface area contributed by atoms with Crippen LogP contribution in [0.15, 0.2) is 352 Å². The summed E-state index contributed by atoms with van der Waals surface area (Å²) in [7, 11) is 4.47. The molecule has 104 heavy (non-hydrogen) atoms. The van der Waals surface area contributed by atoms with E-state index in [-0.39, 0.29) is 0 Å². The predicted molar refractivity (Wildman–Crippen MR) is 439 cm³/mol. The highest BCUT2D eigenvalue weighted by atomic mass is 15.0. The quantitative estimate of drug-likeness (QED) is 0.138. The summed E-state index contributed by atoms with van der Waals surface area (Å²) in [5.74, 6) is 0. The van der Waals surface area contributed by atoms with Gasteiger partial charge in [-0.05, 0) is 177 Å². The first-order chi connectivity index (χ1) is 51.4. The Kier molecular flexibility index (Phi) is 12.5. The van der Waals surface area contributed by atoms with Gasteiger partial charge in [-0.15, -0.1) is 0 Å². The van der Waals surface area contributed by atoms with Gasteiger partial charge in [-0.25, -0.2) is 0 Å². The van der Waals surface area contributed by atoms with Gasteiger partial charge in [0.1, 0.15) is 0 Å². The number of fused-ring (bicyclic) bond motifs is 18. The molecule has 6 heterocycles. The molecule has 0 fully saturated rings. The van der Waals surface area contributed by atoms with Crippen LogP contribution >= 0.6 is 0 Å². The molecular weight excluding hydrogens is 1260 g/mol. The number of aromatic nitrogens is 6. The smallest absolute Gasteiger partial charge is 0.0568 e. The van der Waals surface area contributed by atoms with Gasteiger partial charge < -0.3 is 27.4 Å². The van der Waals surface area contributed by atoms with Crippen LogP contribution in [0.1, 0.15) is 0 Å². The maximum absolute atomic E-state index is 2.48. The Balaban J connectivity index is 0.677. The third-order valence-corrected chi connectivity index (χ3v) is 22.6. The van der Waals surface area contributed by atoms with Crippen LogP contribution in [0, 0.1) is 0 Å². The number of nitrogens with zero attached hydrogens (tertiary/aromatic N) is 6. The summed E-state index contributed by atoms with van der Waals surface area (Å²) in [6.07, 6.45) is 0. The van der Waals surface area contributed by atoms with E-state index < -0.39 is 0 Å². The van der Waals surface area contributed by atoms with Crippen molar-refractivity contribution >= 4 is 131 Å². The number of benzene rings is 16. The van der Waals surface area contributed by atoms with Crippen LogP contribution in [0.5, 0.6) is 0 Å². The van der Waals surface area contributed by atoms with E-state index >= 15 is 0 Å². The Morgan fingerprint density at radius 1 is 0.154 bits per heavy atom. The van der Waals surface area contributed by atoms with Gasteiger partial charge in [-0.1, -0.05) is 224 Å². The molecule has 0 aliphatic rings. The zero-order chi connectivity index (χ0) is 68.4. The van der Waals surface area contributed by atoms with E-state index in [0.29, 0.717) is 0 Å². The summed E-state index contributed by atoms with van der Waals surface area (Å²) in [5, 5.41) is 14.8. The predicted octanol–water partition coefficient (Wildman–Crippen LogP) is 25.7. The maximum Gasteiger partial charge on any atom is 0.0568 e. The highest BCUT2D eigenvalue weighted by Gasteiger charge is 2.24. The summed E-state index contributed by atoms with van der Waals surface area (Å²) in [5.41, 5.74) is 30.6. The number of rotatable bonds is 9. The fourth-order valence-corrected chi connectivity index (χ4v) is 17.8. The zero-order valence-electron chi connectivity index (χ0n) is 57.2. The van der Waals surface area contributed by atoms with E-state index in [1.54, 1.807) is 0 Å². The molecule has 6 aromatic heterocycles. The summed E-state index contributed by atoms with van der Waals surface area (Å²) in [4.78, 5) is 0. The van der Waals surface area contributed by atoms with E-state index in [0.717, 1.165) is 39.4 Å².